The van der Waals surface area contributed by atoms with Crippen molar-refractivity contribution in [1.29, 1.82) is 0 Å². The molecule has 9 nitrogen and oxygen atoms in total. The summed E-state index contributed by atoms with van der Waals surface area (Å²) in [5, 5.41) is 0. The number of rotatable bonds is 3. The summed E-state index contributed by atoms with van der Waals surface area (Å²) in [5.41, 5.74) is 0.614. The quantitative estimate of drug-likeness (QED) is 0.444. The van der Waals surface area contributed by atoms with Crippen LogP contribution in [0.3, 0.4) is 0 Å². The lowest BCUT2D eigenvalue weighted by molar-refractivity contribution is -0.123. The molecule has 5 rings (SSSR count). The third-order valence-electron chi connectivity index (χ3n) is 6.22. The zero-order valence-corrected chi connectivity index (χ0v) is 20.5. The summed E-state index contributed by atoms with van der Waals surface area (Å²) in [6, 6.07) is 4.91. The van der Waals surface area contributed by atoms with Crippen molar-refractivity contribution in [2.45, 2.75) is 12.5 Å². The van der Waals surface area contributed by atoms with E-state index in [0.717, 1.165) is 24.9 Å². The summed E-state index contributed by atoms with van der Waals surface area (Å²) in [4.78, 5) is 37.4. The van der Waals surface area contributed by atoms with Crippen LogP contribution in [0.4, 0.5) is 5.82 Å². The van der Waals surface area contributed by atoms with Gasteiger partial charge in [0.05, 0.1) is 28.0 Å². The number of pyridine rings is 1. The number of likely N-dealkylation sites (N-methyl/N-ethyl adjacent to an activating group) is 1. The van der Waals surface area contributed by atoms with Gasteiger partial charge in [0, 0.05) is 32.4 Å². The van der Waals surface area contributed by atoms with Crippen LogP contribution >= 0.6 is 24.0 Å². The normalized spacial score (nSPS) is 25.0. The van der Waals surface area contributed by atoms with Gasteiger partial charge in [-0.3, -0.25) is 18.9 Å². The van der Waals surface area contributed by atoms with E-state index in [1.54, 1.807) is 24.4 Å². The number of thioether (sulfide) groups is 1. The van der Waals surface area contributed by atoms with Crippen molar-refractivity contribution < 1.29 is 13.2 Å². The Hall–Kier alpha value is -2.28. The van der Waals surface area contributed by atoms with Crippen LogP contribution in [0.2, 0.25) is 0 Å². The van der Waals surface area contributed by atoms with Crippen LogP contribution < -0.4 is 10.5 Å². The Balaban J connectivity index is 1.57. The molecule has 0 aromatic carbocycles. The topological polar surface area (TPSA) is 95.3 Å². The van der Waals surface area contributed by atoms with E-state index in [-0.39, 0.29) is 23.0 Å². The van der Waals surface area contributed by atoms with E-state index in [2.05, 4.69) is 16.8 Å². The van der Waals surface area contributed by atoms with Gasteiger partial charge in [0.1, 0.15) is 15.8 Å². The molecular weight excluding hydrogens is 482 g/mol. The zero-order chi connectivity index (χ0) is 23.3. The molecule has 1 unspecified atom stereocenters. The van der Waals surface area contributed by atoms with Gasteiger partial charge in [0.25, 0.3) is 11.5 Å². The van der Waals surface area contributed by atoms with E-state index in [4.69, 9.17) is 17.2 Å². The van der Waals surface area contributed by atoms with E-state index in [1.165, 1.54) is 9.30 Å². The van der Waals surface area contributed by atoms with E-state index in [9.17, 15) is 18.0 Å². The number of amides is 1. The summed E-state index contributed by atoms with van der Waals surface area (Å²) in [6.45, 7) is 3.11. The lowest BCUT2D eigenvalue weighted by atomic mass is 10.2. The summed E-state index contributed by atoms with van der Waals surface area (Å²) in [7, 11) is -1.12. The van der Waals surface area contributed by atoms with Gasteiger partial charge < -0.3 is 9.80 Å². The van der Waals surface area contributed by atoms with E-state index in [0.29, 0.717) is 45.8 Å². The summed E-state index contributed by atoms with van der Waals surface area (Å²) >= 11 is 6.53. The first-order valence-electron chi connectivity index (χ1n) is 10.7. The van der Waals surface area contributed by atoms with Crippen molar-refractivity contribution in [3.63, 3.8) is 0 Å². The van der Waals surface area contributed by atoms with E-state index < -0.39 is 15.9 Å². The van der Waals surface area contributed by atoms with Crippen molar-refractivity contribution in [2.24, 2.45) is 0 Å². The number of thiocarbonyl (C=S) groups is 1. The molecule has 3 fully saturated rings. The van der Waals surface area contributed by atoms with Crippen molar-refractivity contribution in [2.75, 3.05) is 49.6 Å². The number of hydrogen-bond donors (Lipinski definition) is 0. The Morgan fingerprint density at radius 2 is 1.94 bits per heavy atom. The summed E-state index contributed by atoms with van der Waals surface area (Å²) < 4.78 is 25.7. The molecule has 0 spiro atoms. The van der Waals surface area contributed by atoms with E-state index in [1.807, 2.05) is 6.07 Å². The van der Waals surface area contributed by atoms with Crippen LogP contribution in [0.15, 0.2) is 34.1 Å². The van der Waals surface area contributed by atoms with Gasteiger partial charge in [-0.1, -0.05) is 30.0 Å². The lowest BCUT2D eigenvalue weighted by Crippen LogP contribution is -2.45. The molecule has 33 heavy (non-hydrogen) atoms. The molecule has 0 radical (unpaired) electrons. The molecule has 1 atom stereocenters. The minimum absolute atomic E-state index is 0.0528. The van der Waals surface area contributed by atoms with Crippen LogP contribution in [-0.2, 0) is 14.6 Å². The second-order valence-corrected chi connectivity index (χ2v) is 12.4. The molecule has 0 N–H and O–H groups in total. The SMILES string of the molecule is CN1CCN(c2nc3ccccn3c(=O)c2C=C2SC(=S)N(C3CCS(=O)(=O)C3)C2=O)CC1. The highest BCUT2D eigenvalue weighted by Gasteiger charge is 2.42. The van der Waals surface area contributed by atoms with Gasteiger partial charge in [0.15, 0.2) is 9.84 Å². The van der Waals surface area contributed by atoms with Gasteiger partial charge >= 0.3 is 0 Å². The first-order chi connectivity index (χ1) is 15.7. The predicted octanol–water partition coefficient (Wildman–Crippen LogP) is 0.835. The molecule has 0 saturated carbocycles. The second-order valence-electron chi connectivity index (χ2n) is 8.48. The van der Waals surface area contributed by atoms with Crippen LogP contribution in [-0.4, -0.2) is 88.6 Å². The fourth-order valence-corrected chi connectivity index (χ4v) is 7.46. The highest BCUT2D eigenvalue weighted by Crippen LogP contribution is 2.37. The third kappa shape index (κ3) is 4.20. The Bertz CT molecular complexity index is 1350. The number of hydrogen-bond acceptors (Lipinski definition) is 9. The molecule has 174 valence electrons. The first kappa shape index (κ1) is 22.5. The molecular formula is C21H23N5O4S3. The molecule has 2 aromatic heterocycles. The van der Waals surface area contributed by atoms with Crippen LogP contribution in [0.5, 0.6) is 0 Å². The van der Waals surface area contributed by atoms with Crippen LogP contribution in [0.1, 0.15) is 12.0 Å². The second kappa shape index (κ2) is 8.49. The summed E-state index contributed by atoms with van der Waals surface area (Å²) in [6.07, 6.45) is 3.60. The van der Waals surface area contributed by atoms with Gasteiger partial charge in [-0.2, -0.15) is 0 Å². The Labute approximate surface area is 201 Å². The molecule has 2 aromatic rings. The van der Waals surface area contributed by atoms with Crippen molar-refractivity contribution in [1.82, 2.24) is 19.2 Å². The van der Waals surface area contributed by atoms with Crippen molar-refractivity contribution >= 4 is 61.6 Å². The first-order valence-corrected chi connectivity index (χ1v) is 13.7. The average molecular weight is 506 g/mol. The molecule has 12 heteroatoms. The maximum atomic E-state index is 13.5. The predicted molar refractivity (Wildman–Crippen MR) is 133 cm³/mol. The van der Waals surface area contributed by atoms with Gasteiger partial charge in [-0.25, -0.2) is 13.4 Å². The number of carbonyl (C=O) groups is 1. The monoisotopic (exact) mass is 505 g/mol. The number of anilines is 1. The highest BCUT2D eigenvalue weighted by atomic mass is 32.2. The molecule has 1 amide bonds. The number of sulfone groups is 1. The number of carbonyl (C=O) groups excluding carboxylic acids is 1. The minimum Gasteiger partial charge on any atom is -0.353 e. The molecule has 3 aliphatic heterocycles. The van der Waals surface area contributed by atoms with Gasteiger partial charge in [0.2, 0.25) is 0 Å². The summed E-state index contributed by atoms with van der Waals surface area (Å²) in [5.74, 6) is 0.165. The molecule has 3 aliphatic rings. The third-order valence-corrected chi connectivity index (χ3v) is 9.31. The van der Waals surface area contributed by atoms with Gasteiger partial charge in [-0.15, -0.1) is 0 Å². The van der Waals surface area contributed by atoms with Crippen LogP contribution in [0.25, 0.3) is 11.7 Å². The highest BCUT2D eigenvalue weighted by molar-refractivity contribution is 8.26. The largest absolute Gasteiger partial charge is 0.353 e. The molecule has 0 aliphatic carbocycles. The molecule has 5 heterocycles. The van der Waals surface area contributed by atoms with E-state index >= 15 is 0 Å². The van der Waals surface area contributed by atoms with Crippen molar-refractivity contribution in [3.8, 4) is 0 Å². The average Bonchev–Trinajstić information content (AvgIpc) is 3.27. The van der Waals surface area contributed by atoms with Crippen molar-refractivity contribution in [3.05, 3.63) is 45.2 Å². The number of aromatic nitrogens is 2. The van der Waals surface area contributed by atoms with Gasteiger partial charge in [-0.05, 0) is 31.7 Å². The fourth-order valence-electron chi connectivity index (χ4n) is 4.38. The number of piperazine rings is 1. The Morgan fingerprint density at radius 3 is 2.64 bits per heavy atom. The molecule has 3 saturated heterocycles. The fraction of sp³-hybridized carbons (Fsp3) is 0.429. The number of nitrogens with zero attached hydrogens (tertiary/aromatic N) is 5. The number of fused-ring (bicyclic) bond motifs is 1. The van der Waals surface area contributed by atoms with Crippen LogP contribution in [0, 0.1) is 0 Å². The minimum atomic E-state index is -3.17. The standard InChI is InChI=1S/C21H23N5O4S3/c1-23-7-9-24(10-8-23)18-15(19(27)25-6-3-2-4-17(25)22-18)12-16-20(28)26(21(31)32-16)14-5-11-33(29,30)13-14/h2-4,6,12,14H,5,7-11,13H2,1H3. The molecule has 0 bridgehead atoms. The Morgan fingerprint density at radius 1 is 1.18 bits per heavy atom. The lowest BCUT2D eigenvalue weighted by Gasteiger charge is -2.34. The zero-order valence-electron chi connectivity index (χ0n) is 18.0. The maximum Gasteiger partial charge on any atom is 0.267 e. The maximum absolute atomic E-state index is 13.5. The smallest absolute Gasteiger partial charge is 0.267 e. The Kier molecular flexibility index (Phi) is 5.79.